The van der Waals surface area contributed by atoms with E-state index in [1.165, 1.54) is 12.1 Å². The van der Waals surface area contributed by atoms with Crippen molar-refractivity contribution in [3.63, 3.8) is 0 Å². The van der Waals surface area contributed by atoms with Crippen LogP contribution in [0.2, 0.25) is 0 Å². The van der Waals surface area contributed by atoms with Crippen LogP contribution in [0, 0.1) is 5.82 Å². The summed E-state index contributed by atoms with van der Waals surface area (Å²) in [6, 6.07) is 6.12. The fourth-order valence-electron chi connectivity index (χ4n) is 1.69. The van der Waals surface area contributed by atoms with E-state index in [2.05, 4.69) is 10.6 Å². The molecule has 1 rings (SSSR count). The van der Waals surface area contributed by atoms with Gasteiger partial charge in [-0.25, -0.2) is 4.39 Å². The van der Waals surface area contributed by atoms with Gasteiger partial charge in [0.05, 0.1) is 0 Å². The van der Waals surface area contributed by atoms with Crippen molar-refractivity contribution < 1.29 is 14.0 Å². The molecule has 0 aliphatic heterocycles. The van der Waals surface area contributed by atoms with Gasteiger partial charge in [-0.15, -0.1) is 0 Å². The number of amides is 2. The Morgan fingerprint density at radius 1 is 1.05 bits per heavy atom. The van der Waals surface area contributed by atoms with E-state index in [4.69, 9.17) is 0 Å². The molecule has 0 aromatic heterocycles. The molecule has 0 saturated heterocycles. The van der Waals surface area contributed by atoms with Gasteiger partial charge in [0.2, 0.25) is 11.8 Å². The number of nitrogens with zero attached hydrogens (tertiary/aromatic N) is 1. The average Bonchev–Trinajstić information content (AvgIpc) is 2.40. The van der Waals surface area contributed by atoms with E-state index in [-0.39, 0.29) is 24.1 Å². The van der Waals surface area contributed by atoms with Crippen molar-refractivity contribution in [2.45, 2.75) is 12.8 Å². The molecule has 5 nitrogen and oxygen atoms in total. The van der Waals surface area contributed by atoms with Crippen LogP contribution < -0.4 is 10.6 Å². The largest absolute Gasteiger partial charge is 0.355 e. The predicted molar refractivity (Wildman–Crippen MR) is 79.3 cm³/mol. The average molecular weight is 295 g/mol. The fraction of sp³-hybridized carbons (Fsp3) is 0.467. The number of carbonyl (C=O) groups is 2. The van der Waals surface area contributed by atoms with Gasteiger partial charge < -0.3 is 15.5 Å². The summed E-state index contributed by atoms with van der Waals surface area (Å²) in [7, 11) is 3.82. The normalized spacial score (nSPS) is 10.5. The van der Waals surface area contributed by atoms with E-state index < -0.39 is 0 Å². The third-order valence-corrected chi connectivity index (χ3v) is 2.85. The Bertz CT molecular complexity index is 460. The molecule has 0 bridgehead atoms. The molecule has 0 aliphatic carbocycles. The zero-order valence-corrected chi connectivity index (χ0v) is 12.5. The molecule has 2 N–H and O–H groups in total. The van der Waals surface area contributed by atoms with Gasteiger partial charge in [-0.3, -0.25) is 9.59 Å². The van der Waals surface area contributed by atoms with Gasteiger partial charge in [-0.1, -0.05) is 12.1 Å². The molecule has 6 heteroatoms. The Morgan fingerprint density at radius 3 is 2.19 bits per heavy atom. The van der Waals surface area contributed by atoms with Crippen LogP contribution in [0.25, 0.3) is 0 Å². The molecule has 0 radical (unpaired) electrons. The van der Waals surface area contributed by atoms with Crippen molar-refractivity contribution in [3.05, 3.63) is 35.6 Å². The summed E-state index contributed by atoms with van der Waals surface area (Å²) in [4.78, 5) is 25.0. The Morgan fingerprint density at radius 2 is 1.62 bits per heavy atom. The maximum atomic E-state index is 12.7. The second kappa shape index (κ2) is 9.07. The van der Waals surface area contributed by atoms with Crippen LogP contribution >= 0.6 is 0 Å². The van der Waals surface area contributed by atoms with Crippen LogP contribution in [-0.4, -0.2) is 50.4 Å². The van der Waals surface area contributed by atoms with Gasteiger partial charge in [0.25, 0.3) is 0 Å². The molecule has 0 saturated carbocycles. The van der Waals surface area contributed by atoms with Gasteiger partial charge in [0.15, 0.2) is 0 Å². The van der Waals surface area contributed by atoms with Crippen LogP contribution in [0.4, 0.5) is 4.39 Å². The number of halogens is 1. The van der Waals surface area contributed by atoms with Crippen molar-refractivity contribution in [1.29, 1.82) is 0 Å². The Balaban J connectivity index is 2.16. The number of rotatable bonds is 8. The van der Waals surface area contributed by atoms with Crippen LogP contribution in [0.3, 0.4) is 0 Å². The first-order valence-corrected chi connectivity index (χ1v) is 6.90. The number of carbonyl (C=O) groups excluding carboxylic acids is 2. The Kier molecular flexibility index (Phi) is 7.39. The first-order chi connectivity index (χ1) is 9.97. The van der Waals surface area contributed by atoms with Crippen molar-refractivity contribution in [2.24, 2.45) is 0 Å². The molecule has 0 unspecified atom stereocenters. The molecular formula is C15H22FN3O2. The zero-order valence-electron chi connectivity index (χ0n) is 12.5. The summed E-state index contributed by atoms with van der Waals surface area (Å²) in [5.74, 6) is -0.868. The highest BCUT2D eigenvalue weighted by molar-refractivity contribution is 5.96. The summed E-state index contributed by atoms with van der Waals surface area (Å²) < 4.78 is 12.7. The predicted octanol–water partition coefficient (Wildman–Crippen LogP) is 0.552. The highest BCUT2D eigenvalue weighted by Gasteiger charge is 2.08. The quantitative estimate of drug-likeness (QED) is 0.689. The van der Waals surface area contributed by atoms with Gasteiger partial charge in [-0.2, -0.15) is 0 Å². The number of nitrogens with one attached hydrogen (secondary N) is 2. The minimum absolute atomic E-state index is 0.170. The molecule has 0 aliphatic rings. The monoisotopic (exact) mass is 295 g/mol. The summed E-state index contributed by atoms with van der Waals surface area (Å²) in [6.07, 6.45) is 0.436. The fourth-order valence-corrected chi connectivity index (χ4v) is 1.69. The summed E-state index contributed by atoms with van der Waals surface area (Å²) in [5.41, 5.74) is 0.937. The van der Waals surface area contributed by atoms with Crippen LogP contribution in [-0.2, 0) is 16.0 Å². The van der Waals surface area contributed by atoms with Gasteiger partial charge >= 0.3 is 0 Å². The van der Waals surface area contributed by atoms with E-state index >= 15 is 0 Å². The minimum Gasteiger partial charge on any atom is -0.355 e. The van der Waals surface area contributed by atoms with E-state index in [0.29, 0.717) is 19.5 Å². The molecule has 1 aromatic rings. The first kappa shape index (κ1) is 17.1. The second-order valence-corrected chi connectivity index (χ2v) is 5.06. The molecule has 2 amide bonds. The van der Waals surface area contributed by atoms with Crippen molar-refractivity contribution >= 4 is 11.8 Å². The lowest BCUT2D eigenvalue weighted by Crippen LogP contribution is -2.35. The van der Waals surface area contributed by atoms with Crippen LogP contribution in [0.5, 0.6) is 0 Å². The lowest BCUT2D eigenvalue weighted by atomic mass is 10.1. The molecule has 0 spiro atoms. The molecule has 0 atom stereocenters. The number of benzene rings is 1. The molecule has 0 fully saturated rings. The maximum Gasteiger partial charge on any atom is 0.229 e. The Hall–Kier alpha value is -1.95. The highest BCUT2D eigenvalue weighted by Crippen LogP contribution is 2.02. The SMILES string of the molecule is CN(C)CCNC(=O)CC(=O)NCCc1ccc(F)cc1. The molecule has 21 heavy (non-hydrogen) atoms. The first-order valence-electron chi connectivity index (χ1n) is 6.90. The third kappa shape index (κ3) is 8.04. The third-order valence-electron chi connectivity index (χ3n) is 2.85. The van der Waals surface area contributed by atoms with E-state index in [1.54, 1.807) is 12.1 Å². The van der Waals surface area contributed by atoms with Crippen molar-refractivity contribution in [2.75, 3.05) is 33.7 Å². The number of likely N-dealkylation sites (N-methyl/N-ethyl adjacent to an activating group) is 1. The summed E-state index contributed by atoms with van der Waals surface area (Å²) in [5, 5.41) is 5.35. The second-order valence-electron chi connectivity index (χ2n) is 5.06. The van der Waals surface area contributed by atoms with E-state index in [1.807, 2.05) is 19.0 Å². The van der Waals surface area contributed by atoms with Gasteiger partial charge in [0, 0.05) is 19.6 Å². The van der Waals surface area contributed by atoms with Gasteiger partial charge in [-0.05, 0) is 38.2 Å². The summed E-state index contributed by atoms with van der Waals surface area (Å²) >= 11 is 0. The van der Waals surface area contributed by atoms with Crippen molar-refractivity contribution in [1.82, 2.24) is 15.5 Å². The lowest BCUT2D eigenvalue weighted by Gasteiger charge is -2.10. The molecule has 1 aromatic carbocycles. The van der Waals surface area contributed by atoms with Crippen molar-refractivity contribution in [3.8, 4) is 0 Å². The van der Waals surface area contributed by atoms with Crippen LogP contribution in [0.1, 0.15) is 12.0 Å². The Labute approximate surface area is 124 Å². The number of hydrogen-bond donors (Lipinski definition) is 2. The molecule has 116 valence electrons. The maximum absolute atomic E-state index is 12.7. The lowest BCUT2D eigenvalue weighted by molar-refractivity contribution is -0.129. The smallest absolute Gasteiger partial charge is 0.229 e. The standard InChI is InChI=1S/C15H22FN3O2/c1-19(2)10-9-18-15(21)11-14(20)17-8-7-12-3-5-13(16)6-4-12/h3-6H,7-11H2,1-2H3,(H,17,20)(H,18,21). The highest BCUT2D eigenvalue weighted by atomic mass is 19.1. The molecule has 0 heterocycles. The van der Waals surface area contributed by atoms with E-state index in [0.717, 1.165) is 12.1 Å². The summed E-state index contributed by atoms with van der Waals surface area (Å²) in [6.45, 7) is 1.68. The van der Waals surface area contributed by atoms with E-state index in [9.17, 15) is 14.0 Å². The molecular weight excluding hydrogens is 273 g/mol. The van der Waals surface area contributed by atoms with Gasteiger partial charge in [0.1, 0.15) is 12.2 Å². The van der Waals surface area contributed by atoms with Crippen LogP contribution in [0.15, 0.2) is 24.3 Å². The number of hydrogen-bond acceptors (Lipinski definition) is 3. The zero-order chi connectivity index (χ0) is 15.7. The topological polar surface area (TPSA) is 61.4 Å². The minimum atomic E-state index is -0.306.